The molecule has 0 bridgehead atoms. The maximum atomic E-state index is 7.04. The molecule has 0 aliphatic heterocycles. The quantitative estimate of drug-likeness (QED) is 0.167. The van der Waals surface area contributed by atoms with Gasteiger partial charge in [-0.2, -0.15) is 0 Å². The monoisotopic (exact) mass is 668 g/mol. The van der Waals surface area contributed by atoms with Crippen LogP contribution >= 0.6 is 0 Å². The maximum Gasteiger partial charge on any atom is 0.143 e. The molecule has 12 aromatic carbocycles. The summed E-state index contributed by atoms with van der Waals surface area (Å²) in [5, 5.41) is 22.6. The van der Waals surface area contributed by atoms with Crippen LogP contribution in [0.2, 0.25) is 0 Å². The first-order valence-electron chi connectivity index (χ1n) is 18.4. The molecule has 0 N–H and O–H groups in total. The predicted octanol–water partition coefficient (Wildman–Crippen LogP) is 15.0. The van der Waals surface area contributed by atoms with E-state index in [1.807, 2.05) is 0 Å². The Balaban J connectivity index is 1.20. The Labute approximate surface area is 303 Å². The Bertz CT molecular complexity index is 3640. The van der Waals surface area contributed by atoms with Gasteiger partial charge < -0.3 is 4.42 Å². The van der Waals surface area contributed by atoms with Crippen molar-refractivity contribution in [2.24, 2.45) is 0 Å². The Hall–Kier alpha value is -6.96. The number of rotatable bonds is 2. The Morgan fingerprint density at radius 3 is 1.34 bits per heavy atom. The van der Waals surface area contributed by atoms with E-state index in [-0.39, 0.29) is 0 Å². The molecule has 1 aromatic heterocycles. The van der Waals surface area contributed by atoms with Gasteiger partial charge in [-0.15, -0.1) is 0 Å². The molecule has 53 heavy (non-hydrogen) atoms. The Kier molecular flexibility index (Phi) is 5.17. The second-order valence-electron chi connectivity index (χ2n) is 14.8. The fourth-order valence-corrected chi connectivity index (χ4v) is 9.76. The van der Waals surface area contributed by atoms with Crippen molar-refractivity contribution in [2.75, 3.05) is 0 Å². The summed E-state index contributed by atoms with van der Waals surface area (Å²) in [5.41, 5.74) is 6.65. The van der Waals surface area contributed by atoms with Crippen molar-refractivity contribution in [3.63, 3.8) is 0 Å². The first-order chi connectivity index (χ1) is 26.3. The summed E-state index contributed by atoms with van der Waals surface area (Å²) in [5.74, 6) is 0. The topological polar surface area (TPSA) is 13.1 Å². The third kappa shape index (κ3) is 3.61. The number of benzene rings is 12. The average molecular weight is 669 g/mol. The number of hydrogen-bond donors (Lipinski definition) is 0. The van der Waals surface area contributed by atoms with Gasteiger partial charge in [0, 0.05) is 16.3 Å². The second kappa shape index (κ2) is 9.88. The van der Waals surface area contributed by atoms with Gasteiger partial charge >= 0.3 is 0 Å². The molecule has 0 unspecified atom stereocenters. The van der Waals surface area contributed by atoms with E-state index >= 15 is 0 Å². The molecule has 0 fully saturated rings. The molecule has 0 radical (unpaired) electrons. The summed E-state index contributed by atoms with van der Waals surface area (Å²) >= 11 is 0. The van der Waals surface area contributed by atoms with E-state index in [0.29, 0.717) is 0 Å². The molecule has 0 saturated heterocycles. The number of furan rings is 1. The van der Waals surface area contributed by atoms with Crippen molar-refractivity contribution >= 4 is 108 Å². The smallest absolute Gasteiger partial charge is 0.143 e. The minimum atomic E-state index is 0.915. The molecular weight excluding hydrogens is 641 g/mol. The zero-order valence-corrected chi connectivity index (χ0v) is 28.6. The van der Waals surface area contributed by atoms with Gasteiger partial charge in [0.15, 0.2) is 0 Å². The molecule has 242 valence electrons. The molecule has 13 aromatic rings. The van der Waals surface area contributed by atoms with Gasteiger partial charge in [-0.25, -0.2) is 0 Å². The highest BCUT2D eigenvalue weighted by Crippen LogP contribution is 2.48. The highest BCUT2D eigenvalue weighted by molar-refractivity contribution is 6.31. The van der Waals surface area contributed by atoms with Crippen LogP contribution in [0.4, 0.5) is 0 Å². The van der Waals surface area contributed by atoms with Crippen molar-refractivity contribution in [3.05, 3.63) is 170 Å². The van der Waals surface area contributed by atoms with Gasteiger partial charge in [0.1, 0.15) is 11.2 Å². The average Bonchev–Trinajstić information content (AvgIpc) is 3.59. The van der Waals surface area contributed by atoms with E-state index in [0.717, 1.165) is 22.1 Å². The minimum absolute atomic E-state index is 0.915. The fraction of sp³-hybridized carbons (Fsp3) is 0. The zero-order chi connectivity index (χ0) is 34.4. The van der Waals surface area contributed by atoms with Crippen LogP contribution in [0, 0.1) is 0 Å². The van der Waals surface area contributed by atoms with Gasteiger partial charge in [0.2, 0.25) is 0 Å². The van der Waals surface area contributed by atoms with Crippen LogP contribution in [-0.2, 0) is 0 Å². The van der Waals surface area contributed by atoms with Crippen molar-refractivity contribution in [3.8, 4) is 22.3 Å². The predicted molar refractivity (Wildman–Crippen MR) is 227 cm³/mol. The largest absolute Gasteiger partial charge is 0.455 e. The summed E-state index contributed by atoms with van der Waals surface area (Å²) in [6.07, 6.45) is 0. The van der Waals surface area contributed by atoms with E-state index in [1.165, 1.54) is 108 Å². The highest BCUT2D eigenvalue weighted by Gasteiger charge is 2.22. The number of hydrogen-bond acceptors (Lipinski definition) is 1. The van der Waals surface area contributed by atoms with Gasteiger partial charge in [-0.05, 0) is 121 Å². The van der Waals surface area contributed by atoms with Gasteiger partial charge in [0.05, 0.1) is 0 Å². The Morgan fingerprint density at radius 1 is 0.245 bits per heavy atom. The van der Waals surface area contributed by atoms with E-state index in [2.05, 4.69) is 170 Å². The van der Waals surface area contributed by atoms with E-state index in [9.17, 15) is 0 Å². The van der Waals surface area contributed by atoms with Crippen LogP contribution in [0.5, 0.6) is 0 Å². The van der Waals surface area contributed by atoms with Crippen molar-refractivity contribution in [2.45, 2.75) is 0 Å². The normalized spacial score (nSPS) is 12.5. The van der Waals surface area contributed by atoms with E-state index in [4.69, 9.17) is 4.42 Å². The molecule has 1 heterocycles. The van der Waals surface area contributed by atoms with E-state index in [1.54, 1.807) is 0 Å². The first-order valence-corrected chi connectivity index (χ1v) is 18.4. The summed E-state index contributed by atoms with van der Waals surface area (Å²) in [6, 6.07) is 63.2. The lowest BCUT2D eigenvalue weighted by Crippen LogP contribution is -1.91. The molecule has 0 amide bonds. The molecule has 0 aliphatic carbocycles. The SMILES string of the molecule is c1ccc2cc3c(cc2c1)oc1c(-c2ccc4ccc5cccc6ccc2c4c56)cc2c(-c4ccc5ccc6cccc7ccc4c5c67)cccc2c13. The van der Waals surface area contributed by atoms with E-state index < -0.39 is 0 Å². The fourth-order valence-electron chi connectivity index (χ4n) is 9.76. The molecule has 1 heteroatoms. The van der Waals surface area contributed by atoms with Crippen molar-refractivity contribution in [1.29, 1.82) is 0 Å². The summed E-state index contributed by atoms with van der Waals surface area (Å²) < 4.78 is 7.04. The molecule has 0 saturated carbocycles. The van der Waals surface area contributed by atoms with Crippen LogP contribution in [0.3, 0.4) is 0 Å². The lowest BCUT2D eigenvalue weighted by molar-refractivity contribution is 0.671. The third-order valence-corrected chi connectivity index (χ3v) is 12.1. The van der Waals surface area contributed by atoms with Crippen molar-refractivity contribution < 1.29 is 4.42 Å². The molecule has 13 rings (SSSR count). The van der Waals surface area contributed by atoms with Gasteiger partial charge in [-0.3, -0.25) is 0 Å². The lowest BCUT2D eigenvalue weighted by Gasteiger charge is -2.17. The third-order valence-electron chi connectivity index (χ3n) is 12.1. The van der Waals surface area contributed by atoms with Crippen LogP contribution in [0.1, 0.15) is 0 Å². The van der Waals surface area contributed by atoms with Crippen LogP contribution in [0.15, 0.2) is 174 Å². The molecular formula is C52H28O. The standard InChI is InChI=1S/C52H28O/c1-2-7-36-27-46-45(26-35(36)6-1)51-40-13-5-12-37(38-22-18-33-16-14-29-8-3-10-31-20-24-41(38)49(33)47(29)31)43(40)28-44(52(51)53-46)39-23-19-34-17-15-30-9-4-11-32-21-25-42(39)50(34)48(30)32/h1-28H. The second-order valence-corrected chi connectivity index (χ2v) is 14.8. The molecule has 0 atom stereocenters. The highest BCUT2D eigenvalue weighted by atomic mass is 16.3. The van der Waals surface area contributed by atoms with Crippen LogP contribution in [0.25, 0.3) is 130 Å². The minimum Gasteiger partial charge on any atom is -0.455 e. The van der Waals surface area contributed by atoms with Crippen molar-refractivity contribution in [1.82, 2.24) is 0 Å². The summed E-state index contributed by atoms with van der Waals surface area (Å²) in [6.45, 7) is 0. The maximum absolute atomic E-state index is 7.04. The number of fused-ring (bicyclic) bond motifs is 6. The van der Waals surface area contributed by atoms with Gasteiger partial charge in [0.25, 0.3) is 0 Å². The molecule has 0 aliphatic rings. The Morgan fingerprint density at radius 2 is 0.717 bits per heavy atom. The zero-order valence-electron chi connectivity index (χ0n) is 28.6. The van der Waals surface area contributed by atoms with Gasteiger partial charge in [-0.1, -0.05) is 152 Å². The molecule has 1 nitrogen and oxygen atoms in total. The summed E-state index contributed by atoms with van der Waals surface area (Å²) in [4.78, 5) is 0. The first kappa shape index (κ1) is 27.7. The van der Waals surface area contributed by atoms with Crippen LogP contribution < -0.4 is 0 Å². The summed E-state index contributed by atoms with van der Waals surface area (Å²) in [7, 11) is 0. The molecule has 0 spiro atoms. The van der Waals surface area contributed by atoms with Crippen LogP contribution in [-0.4, -0.2) is 0 Å². The lowest BCUT2D eigenvalue weighted by atomic mass is 9.85.